The molecule has 2 rings (SSSR count). The van der Waals surface area contributed by atoms with E-state index in [0.29, 0.717) is 12.1 Å². The molecule has 0 spiro atoms. The number of methoxy groups -OCH3 is 1. The number of rotatable bonds is 3. The van der Waals surface area contributed by atoms with E-state index < -0.39 is 18.0 Å². The van der Waals surface area contributed by atoms with E-state index in [4.69, 9.17) is 0 Å². The van der Waals surface area contributed by atoms with Crippen molar-refractivity contribution in [2.75, 3.05) is 7.11 Å². The van der Waals surface area contributed by atoms with Gasteiger partial charge in [-0.3, -0.25) is 9.59 Å². The topological polar surface area (TPSA) is 79.2 Å². The maximum Gasteiger partial charge on any atom is 0.306 e. The molecule has 0 saturated heterocycles. The first-order chi connectivity index (χ1) is 8.54. The van der Waals surface area contributed by atoms with Crippen LogP contribution in [0.4, 0.5) is 0 Å². The second kappa shape index (κ2) is 5.06. The van der Waals surface area contributed by atoms with Gasteiger partial charge in [0.1, 0.15) is 0 Å². The van der Waals surface area contributed by atoms with Gasteiger partial charge in [-0.05, 0) is 26.2 Å². The highest BCUT2D eigenvalue weighted by atomic mass is 16.5. The van der Waals surface area contributed by atoms with Gasteiger partial charge < -0.3 is 9.84 Å². The number of carbonyl (C=O) groups excluding carboxylic acids is 2. The molecule has 6 heteroatoms. The van der Waals surface area contributed by atoms with Crippen LogP contribution in [0.2, 0.25) is 0 Å². The Kier molecular flexibility index (Phi) is 3.65. The summed E-state index contributed by atoms with van der Waals surface area (Å²) in [7, 11) is 1.30. The first-order valence-electron chi connectivity index (χ1n) is 6.17. The molecule has 0 aromatic carbocycles. The van der Waals surface area contributed by atoms with E-state index in [0.717, 1.165) is 12.8 Å². The van der Waals surface area contributed by atoms with Gasteiger partial charge in [-0.2, -0.15) is 5.10 Å². The van der Waals surface area contributed by atoms with Gasteiger partial charge in [0.05, 0.1) is 31.6 Å². The summed E-state index contributed by atoms with van der Waals surface area (Å²) in [5.41, 5.74) is 0.615. The van der Waals surface area contributed by atoms with Crippen molar-refractivity contribution in [3.63, 3.8) is 0 Å². The first kappa shape index (κ1) is 13.0. The van der Waals surface area contributed by atoms with Gasteiger partial charge in [0.2, 0.25) is 0 Å². The largest absolute Gasteiger partial charge is 0.469 e. The highest BCUT2D eigenvalue weighted by Crippen LogP contribution is 2.30. The number of aliphatic hydroxyl groups excluding tert-OH is 1. The van der Waals surface area contributed by atoms with Gasteiger partial charge in [0.15, 0.2) is 0 Å². The van der Waals surface area contributed by atoms with Gasteiger partial charge in [0.25, 0.3) is 5.91 Å². The molecule has 3 atom stereocenters. The molecule has 1 heterocycles. The molecule has 18 heavy (non-hydrogen) atoms. The van der Waals surface area contributed by atoms with Gasteiger partial charge in [-0.1, -0.05) is 0 Å². The van der Waals surface area contributed by atoms with Crippen LogP contribution in [0.3, 0.4) is 0 Å². The molecular formula is C12H18N2O4. The third-order valence-electron chi connectivity index (χ3n) is 3.65. The Bertz CT molecular complexity index is 394. The molecule has 6 nitrogen and oxygen atoms in total. The van der Waals surface area contributed by atoms with Crippen LogP contribution in [0, 0.1) is 5.92 Å². The lowest BCUT2D eigenvalue weighted by molar-refractivity contribution is -0.145. The summed E-state index contributed by atoms with van der Waals surface area (Å²) in [4.78, 5) is 23.4. The Morgan fingerprint density at radius 2 is 2.28 bits per heavy atom. The SMILES string of the molecule is COC(=O)CC1C(=O)N(C2CCCC2O)N=C1C. The zero-order valence-corrected chi connectivity index (χ0v) is 10.6. The summed E-state index contributed by atoms with van der Waals surface area (Å²) in [6.07, 6.45) is 1.86. The second-order valence-corrected chi connectivity index (χ2v) is 4.82. The fourth-order valence-corrected chi connectivity index (χ4v) is 2.56. The molecule has 1 aliphatic carbocycles. The normalized spacial score (nSPS) is 31.7. The molecule has 1 amide bonds. The monoisotopic (exact) mass is 254 g/mol. The van der Waals surface area contributed by atoms with Crippen molar-refractivity contribution in [2.24, 2.45) is 11.0 Å². The number of hydrogen-bond acceptors (Lipinski definition) is 5. The van der Waals surface area contributed by atoms with E-state index in [9.17, 15) is 14.7 Å². The van der Waals surface area contributed by atoms with Crippen LogP contribution in [0.15, 0.2) is 5.10 Å². The molecule has 1 aliphatic heterocycles. The molecule has 2 aliphatic rings. The van der Waals surface area contributed by atoms with Crippen LogP contribution in [0.5, 0.6) is 0 Å². The van der Waals surface area contributed by atoms with Crippen LogP contribution in [-0.4, -0.2) is 47.0 Å². The lowest BCUT2D eigenvalue weighted by Gasteiger charge is -2.23. The Morgan fingerprint density at radius 1 is 1.56 bits per heavy atom. The second-order valence-electron chi connectivity index (χ2n) is 4.82. The van der Waals surface area contributed by atoms with Crippen molar-refractivity contribution in [3.05, 3.63) is 0 Å². The first-order valence-corrected chi connectivity index (χ1v) is 6.17. The fourth-order valence-electron chi connectivity index (χ4n) is 2.56. The predicted octanol–water partition coefficient (Wildman–Crippen LogP) is 0.297. The number of nitrogens with zero attached hydrogens (tertiary/aromatic N) is 2. The smallest absolute Gasteiger partial charge is 0.306 e. The zero-order valence-electron chi connectivity index (χ0n) is 10.6. The Balaban J connectivity index is 2.08. The summed E-state index contributed by atoms with van der Waals surface area (Å²) < 4.78 is 4.58. The van der Waals surface area contributed by atoms with Crippen LogP contribution in [0.25, 0.3) is 0 Å². The number of hydrazone groups is 1. The van der Waals surface area contributed by atoms with E-state index in [1.807, 2.05) is 0 Å². The molecule has 1 N–H and O–H groups in total. The van der Waals surface area contributed by atoms with Crippen LogP contribution < -0.4 is 0 Å². The third kappa shape index (κ3) is 2.25. The van der Waals surface area contributed by atoms with Crippen molar-refractivity contribution >= 4 is 17.6 Å². The standard InChI is InChI=1S/C12H18N2O4/c1-7-8(6-11(16)18-2)12(17)14(13-7)9-4-3-5-10(9)15/h8-10,15H,3-6H2,1-2H3. The number of hydrogen-bond donors (Lipinski definition) is 1. The van der Waals surface area contributed by atoms with Crippen LogP contribution in [0.1, 0.15) is 32.6 Å². The zero-order chi connectivity index (χ0) is 13.3. The summed E-state index contributed by atoms with van der Waals surface area (Å²) in [5, 5.41) is 15.4. The summed E-state index contributed by atoms with van der Waals surface area (Å²) in [6, 6.07) is -0.241. The summed E-state index contributed by atoms with van der Waals surface area (Å²) in [6.45, 7) is 1.73. The minimum Gasteiger partial charge on any atom is -0.469 e. The number of esters is 1. The third-order valence-corrected chi connectivity index (χ3v) is 3.65. The molecule has 0 radical (unpaired) electrons. The van der Waals surface area contributed by atoms with Gasteiger partial charge in [0, 0.05) is 5.71 Å². The molecule has 0 bridgehead atoms. The number of carbonyl (C=O) groups is 2. The molecule has 3 unspecified atom stereocenters. The lowest BCUT2D eigenvalue weighted by Crippen LogP contribution is -2.40. The van der Waals surface area contributed by atoms with Gasteiger partial charge >= 0.3 is 5.97 Å². The quantitative estimate of drug-likeness (QED) is 0.734. The summed E-state index contributed by atoms with van der Waals surface area (Å²) in [5.74, 6) is -1.16. The highest BCUT2D eigenvalue weighted by molar-refractivity contribution is 6.08. The Labute approximate surface area is 106 Å². The minimum absolute atomic E-state index is 0.0178. The molecule has 100 valence electrons. The molecule has 0 aromatic rings. The molecule has 1 fully saturated rings. The number of aliphatic hydroxyl groups is 1. The van der Waals surface area contributed by atoms with E-state index in [2.05, 4.69) is 9.84 Å². The van der Waals surface area contributed by atoms with Crippen molar-refractivity contribution in [2.45, 2.75) is 44.8 Å². The maximum absolute atomic E-state index is 12.2. The maximum atomic E-state index is 12.2. The molecular weight excluding hydrogens is 236 g/mol. The summed E-state index contributed by atoms with van der Waals surface area (Å²) >= 11 is 0. The average molecular weight is 254 g/mol. The Morgan fingerprint density at radius 3 is 2.83 bits per heavy atom. The van der Waals surface area contributed by atoms with Crippen LogP contribution >= 0.6 is 0 Å². The van der Waals surface area contributed by atoms with Crippen molar-refractivity contribution in [3.8, 4) is 0 Å². The number of ether oxygens (including phenoxy) is 1. The van der Waals surface area contributed by atoms with Crippen LogP contribution in [-0.2, 0) is 14.3 Å². The van der Waals surface area contributed by atoms with E-state index >= 15 is 0 Å². The highest BCUT2D eigenvalue weighted by Gasteiger charge is 2.42. The van der Waals surface area contributed by atoms with Crippen molar-refractivity contribution in [1.29, 1.82) is 0 Å². The molecule has 1 saturated carbocycles. The van der Waals surface area contributed by atoms with Crippen molar-refractivity contribution in [1.82, 2.24) is 5.01 Å². The number of amides is 1. The van der Waals surface area contributed by atoms with Crippen molar-refractivity contribution < 1.29 is 19.4 Å². The Hall–Kier alpha value is -1.43. The van der Waals surface area contributed by atoms with E-state index in [-0.39, 0.29) is 18.4 Å². The fraction of sp³-hybridized carbons (Fsp3) is 0.750. The lowest BCUT2D eigenvalue weighted by atomic mass is 10.00. The predicted molar refractivity (Wildman–Crippen MR) is 63.7 cm³/mol. The average Bonchev–Trinajstić information content (AvgIpc) is 2.87. The van der Waals surface area contributed by atoms with E-state index in [1.165, 1.54) is 12.1 Å². The van der Waals surface area contributed by atoms with Gasteiger partial charge in [-0.15, -0.1) is 0 Å². The minimum atomic E-state index is -0.537. The van der Waals surface area contributed by atoms with Gasteiger partial charge in [-0.25, -0.2) is 5.01 Å². The van der Waals surface area contributed by atoms with E-state index in [1.54, 1.807) is 6.92 Å². The molecule has 0 aromatic heterocycles.